The maximum atomic E-state index is 12.5. The first kappa shape index (κ1) is 26.6. The highest BCUT2D eigenvalue weighted by Gasteiger charge is 2.35. The number of alkyl halides is 1. The van der Waals surface area contributed by atoms with Crippen molar-refractivity contribution in [1.82, 2.24) is 5.32 Å². The van der Waals surface area contributed by atoms with Gasteiger partial charge in [-0.05, 0) is 35.9 Å². The Morgan fingerprint density at radius 2 is 1.58 bits per heavy atom. The van der Waals surface area contributed by atoms with E-state index in [2.05, 4.69) is 90.2 Å². The number of amides is 1. The van der Waals surface area contributed by atoms with Crippen LogP contribution in [-0.2, 0) is 4.79 Å². The zero-order valence-electron chi connectivity index (χ0n) is 18.8. The van der Waals surface area contributed by atoms with Crippen molar-refractivity contribution in [3.8, 4) is 0 Å². The van der Waals surface area contributed by atoms with Gasteiger partial charge in [0.1, 0.15) is 7.28 Å². The first-order valence-corrected chi connectivity index (χ1v) is 12.0. The molecule has 2 nitrogen and oxygen atoms in total. The van der Waals surface area contributed by atoms with Crippen molar-refractivity contribution in [2.45, 2.75) is 103 Å². The Bertz CT molecular complexity index is 440. The molecule has 0 aliphatic carbocycles. The summed E-state index contributed by atoms with van der Waals surface area (Å²) < 4.78 is 0.630. The van der Waals surface area contributed by atoms with Crippen molar-refractivity contribution in [3.63, 3.8) is 0 Å². The van der Waals surface area contributed by atoms with Crippen LogP contribution in [-0.4, -0.2) is 22.5 Å². The lowest BCUT2D eigenvalue weighted by molar-refractivity contribution is -0.125. The topological polar surface area (TPSA) is 29.1 Å². The monoisotopic (exact) mass is 495 g/mol. The second-order valence-corrected chi connectivity index (χ2v) is 12.9. The number of thiol groups is 1. The quantitative estimate of drug-likeness (QED) is 0.113. The van der Waals surface area contributed by atoms with Crippen LogP contribution in [0.5, 0.6) is 0 Å². The molecule has 0 saturated carbocycles. The summed E-state index contributed by atoms with van der Waals surface area (Å²) >= 11 is 7.26. The van der Waals surface area contributed by atoms with E-state index < -0.39 is 0 Å². The van der Waals surface area contributed by atoms with Gasteiger partial charge in [-0.2, -0.15) is 12.6 Å². The maximum Gasteiger partial charge on any atom is 0.223 e. The molecule has 5 unspecified atom stereocenters. The molecule has 5 heteroatoms. The lowest BCUT2D eigenvalue weighted by Crippen LogP contribution is -2.40. The zero-order valence-corrected chi connectivity index (χ0v) is 21.9. The molecule has 5 atom stereocenters. The van der Waals surface area contributed by atoms with Crippen molar-refractivity contribution in [2.24, 2.45) is 23.2 Å². The lowest BCUT2D eigenvalue weighted by atomic mass is 9.44. The number of carbonyl (C=O) groups is 1. The predicted octanol–water partition coefficient (Wildman–Crippen LogP) is 6.36. The number of hydrogen-bond acceptors (Lipinski definition) is 2. The van der Waals surface area contributed by atoms with Crippen LogP contribution < -0.4 is 5.32 Å². The molecule has 1 N–H and O–H groups in total. The number of rotatable bonds is 11. The Morgan fingerprint density at radius 1 is 1.08 bits per heavy atom. The van der Waals surface area contributed by atoms with Crippen LogP contribution in [0.2, 0.25) is 11.1 Å². The maximum absolute atomic E-state index is 12.5. The highest BCUT2D eigenvalue weighted by molar-refractivity contribution is 14.1. The summed E-state index contributed by atoms with van der Waals surface area (Å²) in [5.41, 5.74) is 0.306. The summed E-state index contributed by atoms with van der Waals surface area (Å²) in [7, 11) is 1.06. The van der Waals surface area contributed by atoms with E-state index in [0.717, 1.165) is 13.7 Å². The fourth-order valence-electron chi connectivity index (χ4n) is 3.80. The molecule has 0 fully saturated rings. The van der Waals surface area contributed by atoms with Crippen LogP contribution in [0.1, 0.15) is 82.1 Å². The molecule has 0 aliphatic rings. The Labute approximate surface area is 183 Å². The van der Waals surface area contributed by atoms with Gasteiger partial charge >= 0.3 is 0 Å². The van der Waals surface area contributed by atoms with Crippen LogP contribution in [0.15, 0.2) is 0 Å². The molecule has 0 spiro atoms. The molecule has 154 valence electrons. The molecule has 1 amide bonds. The van der Waals surface area contributed by atoms with Gasteiger partial charge in [0.25, 0.3) is 0 Å². The molecule has 0 aromatic carbocycles. The van der Waals surface area contributed by atoms with Crippen molar-refractivity contribution in [1.29, 1.82) is 0 Å². The fourth-order valence-corrected chi connectivity index (χ4v) is 4.25. The first-order chi connectivity index (χ1) is 11.6. The summed E-state index contributed by atoms with van der Waals surface area (Å²) in [4.78, 5) is 12.5. The van der Waals surface area contributed by atoms with E-state index in [9.17, 15) is 4.79 Å². The summed E-state index contributed by atoms with van der Waals surface area (Å²) in [5.74, 6) is 1.69. The smallest absolute Gasteiger partial charge is 0.223 e. The highest BCUT2D eigenvalue weighted by Crippen LogP contribution is 2.44. The van der Waals surface area contributed by atoms with Gasteiger partial charge < -0.3 is 5.32 Å². The molecule has 0 saturated heterocycles. The fraction of sp³-hybridized carbons (Fsp3) is 0.952. The van der Waals surface area contributed by atoms with Crippen molar-refractivity contribution < 1.29 is 4.79 Å². The third-order valence-corrected chi connectivity index (χ3v) is 8.35. The average Bonchev–Trinajstić information content (AvgIpc) is 2.44. The second-order valence-electron chi connectivity index (χ2n) is 10.4. The van der Waals surface area contributed by atoms with Gasteiger partial charge in [-0.3, -0.25) is 4.79 Å². The standard InChI is InChI=1S/C21H43BINOS/c1-13(2)14(3)11-15(4)18(25)24-19(26)16(5)22-21(9,10)12-20(7,8)17(6)23/h13-17,19,22,26H,11-12H2,1-10H3,(H,24,25). The lowest BCUT2D eigenvalue weighted by Gasteiger charge is -2.38. The molecule has 0 rings (SSSR count). The summed E-state index contributed by atoms with van der Waals surface area (Å²) in [5, 5.41) is 3.30. The van der Waals surface area contributed by atoms with Gasteiger partial charge in [0, 0.05) is 9.84 Å². The normalized spacial score (nSPS) is 18.8. The molecular weight excluding hydrogens is 452 g/mol. The Balaban J connectivity index is 4.66. The number of hydrogen-bond donors (Lipinski definition) is 2. The Morgan fingerprint density at radius 3 is 2.00 bits per heavy atom. The Hall–Kier alpha value is 0.615. The van der Waals surface area contributed by atoms with Gasteiger partial charge in [0.15, 0.2) is 0 Å². The van der Waals surface area contributed by atoms with Crippen LogP contribution in [0.3, 0.4) is 0 Å². The van der Waals surface area contributed by atoms with Gasteiger partial charge in [-0.15, -0.1) is 0 Å². The van der Waals surface area contributed by atoms with Crippen molar-refractivity contribution in [2.75, 3.05) is 0 Å². The van der Waals surface area contributed by atoms with Crippen molar-refractivity contribution in [3.05, 3.63) is 0 Å². The highest BCUT2D eigenvalue weighted by atomic mass is 127. The van der Waals surface area contributed by atoms with Crippen LogP contribution in [0.4, 0.5) is 0 Å². The largest absolute Gasteiger partial charge is 0.345 e. The predicted molar refractivity (Wildman–Crippen MR) is 131 cm³/mol. The zero-order chi connectivity index (χ0) is 20.9. The number of halogens is 1. The second kappa shape index (κ2) is 11.0. The van der Waals surface area contributed by atoms with E-state index in [1.807, 2.05) is 6.92 Å². The van der Waals surface area contributed by atoms with Crippen molar-refractivity contribution >= 4 is 48.4 Å². The van der Waals surface area contributed by atoms with Gasteiger partial charge in [0.05, 0.1) is 5.37 Å². The van der Waals surface area contributed by atoms with Crippen LogP contribution >= 0.6 is 35.2 Å². The third kappa shape index (κ3) is 9.70. The molecule has 26 heavy (non-hydrogen) atoms. The van der Waals surface area contributed by atoms with E-state index in [4.69, 9.17) is 12.6 Å². The Kier molecular flexibility index (Phi) is 11.2. The van der Waals surface area contributed by atoms with E-state index in [1.165, 1.54) is 6.42 Å². The molecular formula is C21H43BINOS. The van der Waals surface area contributed by atoms with Gasteiger partial charge in [-0.25, -0.2) is 0 Å². The molecule has 0 radical (unpaired) electrons. The summed E-state index contributed by atoms with van der Waals surface area (Å²) in [6.45, 7) is 22.6. The third-order valence-electron chi connectivity index (χ3n) is 6.03. The van der Waals surface area contributed by atoms with E-state index in [-0.39, 0.29) is 22.5 Å². The molecule has 0 aromatic rings. The summed E-state index contributed by atoms with van der Waals surface area (Å²) in [6.07, 6.45) is 2.11. The molecule has 0 aromatic heterocycles. The van der Waals surface area contributed by atoms with E-state index in [1.54, 1.807) is 0 Å². The summed E-state index contributed by atoms with van der Waals surface area (Å²) in [6, 6.07) is 0. The van der Waals surface area contributed by atoms with Gasteiger partial charge in [0.2, 0.25) is 5.91 Å². The van der Waals surface area contributed by atoms with E-state index in [0.29, 0.717) is 27.0 Å². The SMILES string of the molecule is CC(CC(C)C(C)C)C(=O)NC(S)C(C)BC(C)(C)CC(C)(C)C(C)I. The first-order valence-electron chi connectivity index (χ1n) is 10.2. The minimum absolute atomic E-state index is 0.0427. The number of carbonyl (C=O) groups excluding carboxylic acids is 1. The minimum atomic E-state index is -0.0845. The molecule has 0 aliphatic heterocycles. The van der Waals surface area contributed by atoms with Crippen LogP contribution in [0.25, 0.3) is 0 Å². The molecule has 0 bridgehead atoms. The van der Waals surface area contributed by atoms with Crippen LogP contribution in [0, 0.1) is 23.2 Å². The van der Waals surface area contributed by atoms with E-state index >= 15 is 0 Å². The molecule has 0 heterocycles. The minimum Gasteiger partial charge on any atom is -0.345 e. The average molecular weight is 495 g/mol. The van der Waals surface area contributed by atoms with Gasteiger partial charge in [-0.1, -0.05) is 97.1 Å². The number of nitrogens with one attached hydrogen (secondary N) is 1.